The molecule has 6 heteroatoms. The van der Waals surface area contributed by atoms with E-state index in [9.17, 15) is 4.79 Å². The molecule has 0 unspecified atom stereocenters. The first-order chi connectivity index (χ1) is 8.04. The summed E-state index contributed by atoms with van der Waals surface area (Å²) in [6.07, 6.45) is 2.07. The zero-order valence-electron chi connectivity index (χ0n) is 9.23. The van der Waals surface area contributed by atoms with Crippen molar-refractivity contribution in [2.24, 2.45) is 0 Å². The molecule has 0 atom stereocenters. The Kier molecular flexibility index (Phi) is 6.49. The highest BCUT2D eigenvalue weighted by Crippen LogP contribution is 2.32. The molecule has 17 heavy (non-hydrogen) atoms. The number of thioether (sulfide) groups is 1. The van der Waals surface area contributed by atoms with Crippen molar-refractivity contribution in [1.82, 2.24) is 0 Å². The molecule has 94 valence electrons. The molecule has 0 saturated carbocycles. The van der Waals surface area contributed by atoms with E-state index in [2.05, 4.69) is 12.2 Å². The molecule has 1 aromatic rings. The van der Waals surface area contributed by atoms with Crippen LogP contribution in [0.15, 0.2) is 12.1 Å². The van der Waals surface area contributed by atoms with Gasteiger partial charge >= 0.3 is 0 Å². The predicted molar refractivity (Wildman–Crippen MR) is 77.9 cm³/mol. The van der Waals surface area contributed by atoms with Crippen LogP contribution in [0.2, 0.25) is 15.1 Å². The third-order valence-electron chi connectivity index (χ3n) is 1.98. The van der Waals surface area contributed by atoms with E-state index in [0.29, 0.717) is 20.8 Å². The minimum atomic E-state index is -0.140. The van der Waals surface area contributed by atoms with Crippen LogP contribution in [0, 0.1) is 0 Å². The molecule has 0 radical (unpaired) electrons. The Morgan fingerprint density at radius 2 is 1.88 bits per heavy atom. The normalized spacial score (nSPS) is 10.4. The van der Waals surface area contributed by atoms with Crippen molar-refractivity contribution in [1.29, 1.82) is 0 Å². The molecule has 1 amide bonds. The maximum Gasteiger partial charge on any atom is 0.283 e. The van der Waals surface area contributed by atoms with Crippen molar-refractivity contribution in [3.63, 3.8) is 0 Å². The lowest BCUT2D eigenvalue weighted by Crippen LogP contribution is -2.06. The summed E-state index contributed by atoms with van der Waals surface area (Å²) in [4.78, 5) is 11.6. The van der Waals surface area contributed by atoms with Gasteiger partial charge in [-0.1, -0.05) is 59.9 Å². The van der Waals surface area contributed by atoms with Crippen molar-refractivity contribution in [2.45, 2.75) is 19.8 Å². The van der Waals surface area contributed by atoms with Gasteiger partial charge < -0.3 is 5.32 Å². The van der Waals surface area contributed by atoms with Gasteiger partial charge in [0, 0.05) is 5.75 Å². The van der Waals surface area contributed by atoms with Gasteiger partial charge in [0.15, 0.2) is 0 Å². The van der Waals surface area contributed by atoms with Crippen LogP contribution in [0.5, 0.6) is 0 Å². The Morgan fingerprint density at radius 1 is 1.24 bits per heavy atom. The summed E-state index contributed by atoms with van der Waals surface area (Å²) >= 11 is 18.8. The zero-order chi connectivity index (χ0) is 12.8. The van der Waals surface area contributed by atoms with E-state index < -0.39 is 0 Å². The zero-order valence-corrected chi connectivity index (χ0v) is 12.3. The first-order valence-corrected chi connectivity index (χ1v) is 7.25. The highest BCUT2D eigenvalue weighted by atomic mass is 35.5. The summed E-state index contributed by atoms with van der Waals surface area (Å²) < 4.78 is 0. The lowest BCUT2D eigenvalue weighted by molar-refractivity contribution is 0.270. The maximum atomic E-state index is 11.6. The second-order valence-corrected chi connectivity index (χ2v) is 5.65. The maximum absolute atomic E-state index is 11.6. The Balaban J connectivity index is 2.62. The van der Waals surface area contributed by atoms with E-state index in [4.69, 9.17) is 34.8 Å². The van der Waals surface area contributed by atoms with Crippen molar-refractivity contribution in [3.8, 4) is 0 Å². The summed E-state index contributed by atoms with van der Waals surface area (Å²) in [6, 6.07) is 3.06. The average molecular weight is 313 g/mol. The van der Waals surface area contributed by atoms with Crippen LogP contribution in [0.4, 0.5) is 10.5 Å². The second kappa shape index (κ2) is 7.37. The number of nitrogens with one attached hydrogen (secondary N) is 1. The lowest BCUT2D eigenvalue weighted by Gasteiger charge is -2.08. The molecule has 0 aliphatic rings. The van der Waals surface area contributed by atoms with Gasteiger partial charge in [-0.25, -0.2) is 0 Å². The monoisotopic (exact) mass is 311 g/mol. The van der Waals surface area contributed by atoms with Crippen molar-refractivity contribution in [2.75, 3.05) is 11.1 Å². The van der Waals surface area contributed by atoms with Crippen LogP contribution in [-0.4, -0.2) is 11.0 Å². The Morgan fingerprint density at radius 3 is 2.53 bits per heavy atom. The number of hydrogen-bond donors (Lipinski definition) is 1. The minimum Gasteiger partial charge on any atom is -0.315 e. The van der Waals surface area contributed by atoms with Crippen LogP contribution in [0.25, 0.3) is 0 Å². The molecular weight excluding hydrogens is 301 g/mol. The topological polar surface area (TPSA) is 29.1 Å². The molecule has 0 aliphatic carbocycles. The number of carbonyl (C=O) groups excluding carboxylic acids is 1. The summed E-state index contributed by atoms with van der Waals surface area (Å²) in [5, 5.41) is 3.66. The number of amides is 1. The van der Waals surface area contributed by atoms with Gasteiger partial charge in [0.2, 0.25) is 0 Å². The first-order valence-electron chi connectivity index (χ1n) is 5.13. The number of anilines is 1. The number of benzene rings is 1. The molecule has 1 aromatic carbocycles. The number of unbranched alkanes of at least 4 members (excludes halogenated alkanes) is 1. The molecule has 0 spiro atoms. The summed E-state index contributed by atoms with van der Waals surface area (Å²) in [7, 11) is 0. The average Bonchev–Trinajstić information content (AvgIpc) is 2.26. The van der Waals surface area contributed by atoms with Crippen molar-refractivity contribution < 1.29 is 4.79 Å². The van der Waals surface area contributed by atoms with Crippen LogP contribution in [0.1, 0.15) is 19.8 Å². The number of carbonyl (C=O) groups is 1. The Bertz CT molecular complexity index is 412. The van der Waals surface area contributed by atoms with Gasteiger partial charge in [-0.05, 0) is 18.6 Å². The number of halogens is 3. The molecule has 0 heterocycles. The molecule has 1 rings (SSSR count). The van der Waals surface area contributed by atoms with E-state index in [1.807, 2.05) is 0 Å². The van der Waals surface area contributed by atoms with Gasteiger partial charge in [-0.2, -0.15) is 0 Å². The fourth-order valence-electron chi connectivity index (χ4n) is 1.07. The number of hydrogen-bond acceptors (Lipinski definition) is 2. The molecule has 0 saturated heterocycles. The molecule has 2 nitrogen and oxygen atoms in total. The minimum absolute atomic E-state index is 0.140. The molecular formula is C11H12Cl3NOS. The van der Waals surface area contributed by atoms with E-state index in [1.165, 1.54) is 17.8 Å². The van der Waals surface area contributed by atoms with Gasteiger partial charge in [-0.3, -0.25) is 4.79 Å². The van der Waals surface area contributed by atoms with Crippen LogP contribution < -0.4 is 5.32 Å². The fourth-order valence-corrected chi connectivity index (χ4v) is 2.47. The highest BCUT2D eigenvalue weighted by molar-refractivity contribution is 8.13. The quantitative estimate of drug-likeness (QED) is 0.569. The molecule has 0 bridgehead atoms. The third kappa shape index (κ3) is 4.96. The molecule has 0 fully saturated rings. The molecule has 1 N–H and O–H groups in total. The summed E-state index contributed by atoms with van der Waals surface area (Å²) in [5.41, 5.74) is 0.482. The summed E-state index contributed by atoms with van der Waals surface area (Å²) in [6.45, 7) is 2.08. The van der Waals surface area contributed by atoms with E-state index >= 15 is 0 Å². The van der Waals surface area contributed by atoms with Crippen molar-refractivity contribution >= 4 is 57.5 Å². The smallest absolute Gasteiger partial charge is 0.283 e. The van der Waals surface area contributed by atoms with E-state index in [0.717, 1.165) is 18.6 Å². The van der Waals surface area contributed by atoms with Gasteiger partial charge in [0.25, 0.3) is 5.24 Å². The second-order valence-electron chi connectivity index (χ2n) is 3.36. The Labute approximate surface area is 120 Å². The van der Waals surface area contributed by atoms with Gasteiger partial charge in [0.05, 0.1) is 20.8 Å². The fraction of sp³-hybridized carbons (Fsp3) is 0.364. The van der Waals surface area contributed by atoms with Crippen molar-refractivity contribution in [3.05, 3.63) is 27.2 Å². The SMILES string of the molecule is CCCCSC(=O)Nc1cc(Cl)c(Cl)cc1Cl. The van der Waals surface area contributed by atoms with E-state index in [1.54, 1.807) is 6.07 Å². The van der Waals surface area contributed by atoms with Crippen LogP contribution in [0.3, 0.4) is 0 Å². The lowest BCUT2D eigenvalue weighted by atomic mass is 10.3. The Hall–Kier alpha value is -0.0900. The first kappa shape index (κ1) is 15.0. The van der Waals surface area contributed by atoms with E-state index in [-0.39, 0.29) is 5.24 Å². The van der Waals surface area contributed by atoms with Crippen LogP contribution in [-0.2, 0) is 0 Å². The summed E-state index contributed by atoms with van der Waals surface area (Å²) in [5.74, 6) is 0.793. The predicted octanol–water partition coefficient (Wildman–Crippen LogP) is 5.71. The van der Waals surface area contributed by atoms with Gasteiger partial charge in [-0.15, -0.1) is 0 Å². The molecule has 0 aliphatic heterocycles. The van der Waals surface area contributed by atoms with Gasteiger partial charge in [0.1, 0.15) is 0 Å². The number of rotatable bonds is 4. The van der Waals surface area contributed by atoms with Crippen LogP contribution >= 0.6 is 46.6 Å². The highest BCUT2D eigenvalue weighted by Gasteiger charge is 2.09. The largest absolute Gasteiger partial charge is 0.315 e. The molecule has 0 aromatic heterocycles. The standard InChI is InChI=1S/C11H12Cl3NOS/c1-2-3-4-17-11(16)15-10-6-8(13)7(12)5-9(10)14/h5-6H,2-4H2,1H3,(H,15,16). The third-order valence-corrected chi connectivity index (χ3v) is 3.87.